The molecule has 1 fully saturated rings. The summed E-state index contributed by atoms with van der Waals surface area (Å²) in [5.74, 6) is 0. The van der Waals surface area contributed by atoms with Crippen molar-refractivity contribution in [1.29, 1.82) is 0 Å². The van der Waals surface area contributed by atoms with Crippen LogP contribution < -0.4 is 0 Å². The standard InChI is InChI=1S/C14H16N4O/c1-2-4-11(5-3-1)7-17-8-13-14(9-17)19-10-12-6-15-16-18(12)13/h1-6,13-14H,7-10H2/t13-,14-/m0/s1. The molecule has 2 atom stereocenters. The second-order valence-electron chi connectivity index (χ2n) is 5.27. The summed E-state index contributed by atoms with van der Waals surface area (Å²) in [4.78, 5) is 2.43. The lowest BCUT2D eigenvalue weighted by molar-refractivity contribution is -0.00521. The van der Waals surface area contributed by atoms with Gasteiger partial charge in [-0.25, -0.2) is 4.68 Å². The van der Waals surface area contributed by atoms with Gasteiger partial charge in [0.1, 0.15) is 0 Å². The molecule has 1 aromatic carbocycles. The lowest BCUT2D eigenvalue weighted by Gasteiger charge is -2.25. The average Bonchev–Trinajstić information content (AvgIpc) is 3.04. The van der Waals surface area contributed by atoms with Gasteiger partial charge in [-0.2, -0.15) is 0 Å². The van der Waals surface area contributed by atoms with Gasteiger partial charge < -0.3 is 4.74 Å². The highest BCUT2D eigenvalue weighted by molar-refractivity contribution is 5.15. The SMILES string of the molecule is c1ccc(CN2C[C@@H]3OCc4cnnn4[C@H]3C2)cc1. The van der Waals surface area contributed by atoms with Gasteiger partial charge in [-0.3, -0.25) is 4.90 Å². The number of nitrogens with zero attached hydrogens (tertiary/aromatic N) is 4. The monoisotopic (exact) mass is 256 g/mol. The molecule has 1 saturated heterocycles. The van der Waals surface area contributed by atoms with Crippen molar-refractivity contribution in [3.63, 3.8) is 0 Å². The molecular formula is C14H16N4O. The molecule has 0 N–H and O–H groups in total. The summed E-state index contributed by atoms with van der Waals surface area (Å²) in [6, 6.07) is 10.9. The summed E-state index contributed by atoms with van der Waals surface area (Å²) < 4.78 is 7.95. The molecule has 2 aromatic rings. The minimum atomic E-state index is 0.248. The number of benzene rings is 1. The summed E-state index contributed by atoms with van der Waals surface area (Å²) in [5, 5.41) is 8.19. The first kappa shape index (κ1) is 11.1. The van der Waals surface area contributed by atoms with E-state index in [1.165, 1.54) is 5.56 Å². The van der Waals surface area contributed by atoms with Crippen molar-refractivity contribution >= 4 is 0 Å². The number of hydrogen-bond donors (Lipinski definition) is 0. The summed E-state index contributed by atoms with van der Waals surface area (Å²) >= 11 is 0. The van der Waals surface area contributed by atoms with E-state index in [2.05, 4.69) is 45.5 Å². The van der Waals surface area contributed by atoms with Crippen LogP contribution in [0.2, 0.25) is 0 Å². The van der Waals surface area contributed by atoms with Gasteiger partial charge >= 0.3 is 0 Å². The maximum Gasteiger partial charge on any atom is 0.0944 e. The molecule has 4 rings (SSSR count). The number of fused-ring (bicyclic) bond motifs is 3. The molecule has 0 aliphatic carbocycles. The van der Waals surface area contributed by atoms with Crippen molar-refractivity contribution in [2.45, 2.75) is 25.3 Å². The third-order valence-corrected chi connectivity index (χ3v) is 3.97. The lowest BCUT2D eigenvalue weighted by Crippen LogP contribution is -2.32. The van der Waals surface area contributed by atoms with Gasteiger partial charge in [0.05, 0.1) is 30.6 Å². The van der Waals surface area contributed by atoms with E-state index >= 15 is 0 Å². The highest BCUT2D eigenvalue weighted by atomic mass is 16.5. The third kappa shape index (κ3) is 1.95. The van der Waals surface area contributed by atoms with Crippen LogP contribution >= 0.6 is 0 Å². The molecule has 5 heteroatoms. The van der Waals surface area contributed by atoms with E-state index in [0.29, 0.717) is 12.6 Å². The zero-order valence-electron chi connectivity index (χ0n) is 10.6. The number of likely N-dealkylation sites (tertiary alicyclic amines) is 1. The van der Waals surface area contributed by atoms with E-state index < -0.39 is 0 Å². The molecule has 98 valence electrons. The Morgan fingerprint density at radius 2 is 2.11 bits per heavy atom. The largest absolute Gasteiger partial charge is 0.368 e. The zero-order valence-corrected chi connectivity index (χ0v) is 10.6. The van der Waals surface area contributed by atoms with Crippen LogP contribution in [0.15, 0.2) is 36.5 Å². The Balaban J connectivity index is 1.52. The van der Waals surface area contributed by atoms with Gasteiger partial charge in [0.25, 0.3) is 0 Å². The molecule has 0 amide bonds. The first-order valence-electron chi connectivity index (χ1n) is 6.67. The minimum Gasteiger partial charge on any atom is -0.368 e. The molecular weight excluding hydrogens is 240 g/mol. The molecule has 0 spiro atoms. The van der Waals surface area contributed by atoms with Crippen LogP contribution in [0, 0.1) is 0 Å². The van der Waals surface area contributed by atoms with Gasteiger partial charge in [0.2, 0.25) is 0 Å². The molecule has 0 radical (unpaired) electrons. The minimum absolute atomic E-state index is 0.248. The summed E-state index contributed by atoms with van der Waals surface area (Å²) in [6.07, 6.45) is 2.05. The van der Waals surface area contributed by atoms with Crippen molar-refractivity contribution < 1.29 is 4.74 Å². The Hall–Kier alpha value is -1.72. The van der Waals surface area contributed by atoms with E-state index in [0.717, 1.165) is 25.3 Å². The number of aromatic nitrogens is 3. The summed E-state index contributed by atoms with van der Waals surface area (Å²) in [6.45, 7) is 3.56. The van der Waals surface area contributed by atoms with E-state index in [1.54, 1.807) is 6.20 Å². The third-order valence-electron chi connectivity index (χ3n) is 3.97. The Morgan fingerprint density at radius 1 is 1.21 bits per heavy atom. The smallest absolute Gasteiger partial charge is 0.0944 e. The molecule has 1 aromatic heterocycles. The van der Waals surface area contributed by atoms with Crippen molar-refractivity contribution in [3.05, 3.63) is 47.8 Å². The molecule has 0 bridgehead atoms. The van der Waals surface area contributed by atoms with Gasteiger partial charge in [-0.1, -0.05) is 35.5 Å². The van der Waals surface area contributed by atoms with Crippen molar-refractivity contribution in [2.75, 3.05) is 13.1 Å². The molecule has 19 heavy (non-hydrogen) atoms. The van der Waals surface area contributed by atoms with Crippen LogP contribution in [0.25, 0.3) is 0 Å². The van der Waals surface area contributed by atoms with Gasteiger partial charge in [0, 0.05) is 19.6 Å². The second-order valence-corrected chi connectivity index (χ2v) is 5.27. The average molecular weight is 256 g/mol. The first-order chi connectivity index (χ1) is 9.40. The number of rotatable bonds is 2. The van der Waals surface area contributed by atoms with Crippen LogP contribution in [0.5, 0.6) is 0 Å². The van der Waals surface area contributed by atoms with Gasteiger partial charge in [-0.05, 0) is 5.56 Å². The quantitative estimate of drug-likeness (QED) is 0.810. The van der Waals surface area contributed by atoms with Gasteiger partial charge in [0.15, 0.2) is 0 Å². The van der Waals surface area contributed by atoms with E-state index in [-0.39, 0.29) is 6.10 Å². The predicted molar refractivity (Wildman–Crippen MR) is 69.4 cm³/mol. The Bertz CT molecular complexity index is 568. The summed E-state index contributed by atoms with van der Waals surface area (Å²) in [5.41, 5.74) is 2.43. The highest BCUT2D eigenvalue weighted by Gasteiger charge is 2.39. The van der Waals surface area contributed by atoms with Crippen molar-refractivity contribution in [3.8, 4) is 0 Å². The normalized spacial score (nSPS) is 26.1. The maximum absolute atomic E-state index is 5.91. The molecule has 0 saturated carbocycles. The molecule has 0 unspecified atom stereocenters. The molecule has 2 aliphatic heterocycles. The van der Waals surface area contributed by atoms with Crippen molar-refractivity contribution in [1.82, 2.24) is 19.9 Å². The topological polar surface area (TPSA) is 43.2 Å². The van der Waals surface area contributed by atoms with Crippen LogP contribution in [0.3, 0.4) is 0 Å². The Morgan fingerprint density at radius 3 is 3.00 bits per heavy atom. The van der Waals surface area contributed by atoms with Crippen LogP contribution in [-0.2, 0) is 17.9 Å². The van der Waals surface area contributed by atoms with E-state index in [1.807, 2.05) is 4.68 Å². The number of ether oxygens (including phenoxy) is 1. The zero-order chi connectivity index (χ0) is 12.7. The van der Waals surface area contributed by atoms with Crippen molar-refractivity contribution in [2.24, 2.45) is 0 Å². The highest BCUT2D eigenvalue weighted by Crippen LogP contribution is 2.30. The van der Waals surface area contributed by atoms with Gasteiger partial charge in [-0.15, -0.1) is 5.10 Å². The molecule has 5 nitrogen and oxygen atoms in total. The second kappa shape index (κ2) is 4.43. The predicted octanol–water partition coefficient (Wildman–Crippen LogP) is 1.23. The number of hydrogen-bond acceptors (Lipinski definition) is 4. The van der Waals surface area contributed by atoms with Crippen LogP contribution in [0.4, 0.5) is 0 Å². The Kier molecular flexibility index (Phi) is 2.60. The fraction of sp³-hybridized carbons (Fsp3) is 0.429. The fourth-order valence-electron chi connectivity index (χ4n) is 3.04. The summed E-state index contributed by atoms with van der Waals surface area (Å²) in [7, 11) is 0. The fourth-order valence-corrected chi connectivity index (χ4v) is 3.04. The van der Waals surface area contributed by atoms with Crippen LogP contribution in [-0.4, -0.2) is 39.1 Å². The lowest BCUT2D eigenvalue weighted by atomic mass is 10.2. The molecule has 2 aliphatic rings. The van der Waals surface area contributed by atoms with E-state index in [9.17, 15) is 0 Å². The first-order valence-corrected chi connectivity index (χ1v) is 6.67. The van der Waals surface area contributed by atoms with Crippen LogP contribution in [0.1, 0.15) is 17.3 Å². The van der Waals surface area contributed by atoms with E-state index in [4.69, 9.17) is 4.74 Å². The Labute approximate surface area is 111 Å². The maximum atomic E-state index is 5.91. The molecule has 3 heterocycles.